The highest BCUT2D eigenvalue weighted by atomic mass is 16.5. The first kappa shape index (κ1) is 12.0. The van der Waals surface area contributed by atoms with Crippen molar-refractivity contribution in [3.8, 4) is 23.7 Å². The van der Waals surface area contributed by atoms with E-state index in [1.807, 2.05) is 37.3 Å². The number of ether oxygens (including phenoxy) is 1. The van der Waals surface area contributed by atoms with Gasteiger partial charge in [-0.05, 0) is 31.9 Å². The molecule has 0 saturated heterocycles. The van der Waals surface area contributed by atoms with Crippen LogP contribution in [0.2, 0.25) is 0 Å². The minimum absolute atomic E-state index is 0.598. The zero-order valence-electron chi connectivity index (χ0n) is 9.58. The lowest BCUT2D eigenvalue weighted by Crippen LogP contribution is -1.88. The van der Waals surface area contributed by atoms with Crippen LogP contribution in [0.15, 0.2) is 42.2 Å². The summed E-state index contributed by atoms with van der Waals surface area (Å²) in [4.78, 5) is 0. The molecule has 1 aromatic carbocycles. The Hall–Kier alpha value is -2.12. The third-order valence-corrected chi connectivity index (χ3v) is 1.75. The van der Waals surface area contributed by atoms with Gasteiger partial charge < -0.3 is 4.74 Å². The molecule has 0 unspecified atom stereocenters. The second kappa shape index (κ2) is 7.21. The molecule has 0 saturated carbocycles. The highest BCUT2D eigenvalue weighted by Gasteiger charge is 1.89. The smallest absolute Gasteiger partial charge is 0.178 e. The van der Waals surface area contributed by atoms with E-state index < -0.39 is 0 Å². The van der Waals surface area contributed by atoms with E-state index in [4.69, 9.17) is 4.74 Å². The molecular weight excluding hydrogens is 196 g/mol. The van der Waals surface area contributed by atoms with Crippen molar-refractivity contribution in [3.63, 3.8) is 0 Å². The lowest BCUT2D eigenvalue weighted by molar-refractivity contribution is 0.246. The van der Waals surface area contributed by atoms with Crippen molar-refractivity contribution in [2.24, 2.45) is 0 Å². The van der Waals surface area contributed by atoms with Gasteiger partial charge in [-0.3, -0.25) is 0 Å². The zero-order chi connectivity index (χ0) is 11.6. The molecule has 0 heterocycles. The molecule has 0 spiro atoms. The second-order valence-electron chi connectivity index (χ2n) is 2.95. The van der Waals surface area contributed by atoms with Crippen molar-refractivity contribution in [2.75, 3.05) is 6.61 Å². The SMILES string of the molecule is CC#CC=C(C#Cc1ccccc1)OCC. The van der Waals surface area contributed by atoms with Gasteiger partial charge in [0.15, 0.2) is 5.76 Å². The maximum atomic E-state index is 5.35. The van der Waals surface area contributed by atoms with Gasteiger partial charge in [0.05, 0.1) is 6.61 Å². The van der Waals surface area contributed by atoms with Crippen molar-refractivity contribution in [1.82, 2.24) is 0 Å². The molecule has 16 heavy (non-hydrogen) atoms. The first-order valence-corrected chi connectivity index (χ1v) is 5.19. The molecule has 1 rings (SSSR count). The van der Waals surface area contributed by atoms with Crippen molar-refractivity contribution in [2.45, 2.75) is 13.8 Å². The van der Waals surface area contributed by atoms with Gasteiger partial charge in [-0.2, -0.15) is 0 Å². The standard InChI is InChI=1S/C15H14O/c1-3-5-11-15(16-4-2)13-12-14-9-7-6-8-10-14/h6-11H,4H2,1-2H3. The average Bonchev–Trinajstić information content (AvgIpc) is 2.34. The molecule has 0 aliphatic rings. The van der Waals surface area contributed by atoms with E-state index in [0.29, 0.717) is 12.4 Å². The Balaban J connectivity index is 2.82. The minimum Gasteiger partial charge on any atom is -0.485 e. The van der Waals surface area contributed by atoms with Crippen LogP contribution in [0.25, 0.3) is 0 Å². The van der Waals surface area contributed by atoms with Crippen molar-refractivity contribution >= 4 is 0 Å². The van der Waals surface area contributed by atoms with Crippen LogP contribution >= 0.6 is 0 Å². The summed E-state index contributed by atoms with van der Waals surface area (Å²) < 4.78 is 5.35. The Labute approximate surface area is 97.1 Å². The van der Waals surface area contributed by atoms with Gasteiger partial charge in [0.2, 0.25) is 0 Å². The van der Waals surface area contributed by atoms with Crippen molar-refractivity contribution in [1.29, 1.82) is 0 Å². The van der Waals surface area contributed by atoms with E-state index >= 15 is 0 Å². The van der Waals surface area contributed by atoms with Crippen LogP contribution in [0.3, 0.4) is 0 Å². The molecule has 1 heteroatoms. The maximum absolute atomic E-state index is 5.35. The highest BCUT2D eigenvalue weighted by molar-refractivity contribution is 5.40. The lowest BCUT2D eigenvalue weighted by atomic mass is 10.2. The number of hydrogen-bond donors (Lipinski definition) is 0. The van der Waals surface area contributed by atoms with E-state index in [2.05, 4.69) is 23.7 Å². The van der Waals surface area contributed by atoms with E-state index in [1.165, 1.54) is 0 Å². The fraction of sp³-hybridized carbons (Fsp3) is 0.200. The summed E-state index contributed by atoms with van der Waals surface area (Å²) in [5.74, 6) is 12.2. The van der Waals surface area contributed by atoms with Gasteiger partial charge in [0.1, 0.15) is 0 Å². The van der Waals surface area contributed by atoms with Gasteiger partial charge in [-0.15, -0.1) is 5.92 Å². The predicted octanol–water partition coefficient (Wildman–Crippen LogP) is 2.98. The third kappa shape index (κ3) is 4.40. The number of allylic oxidation sites excluding steroid dienone is 2. The molecule has 0 aliphatic carbocycles. The summed E-state index contributed by atoms with van der Waals surface area (Å²) in [6.07, 6.45) is 1.69. The Morgan fingerprint density at radius 3 is 2.69 bits per heavy atom. The van der Waals surface area contributed by atoms with Crippen LogP contribution < -0.4 is 0 Å². The summed E-state index contributed by atoms with van der Waals surface area (Å²) in [5, 5.41) is 0. The predicted molar refractivity (Wildman–Crippen MR) is 66.5 cm³/mol. The van der Waals surface area contributed by atoms with Crippen LogP contribution in [0, 0.1) is 23.7 Å². The van der Waals surface area contributed by atoms with E-state index in [9.17, 15) is 0 Å². The Kier molecular flexibility index (Phi) is 5.38. The molecule has 0 amide bonds. The van der Waals surface area contributed by atoms with Crippen LogP contribution in [0.4, 0.5) is 0 Å². The van der Waals surface area contributed by atoms with Crippen molar-refractivity contribution < 1.29 is 4.74 Å². The quantitative estimate of drug-likeness (QED) is 0.538. The molecule has 80 valence electrons. The van der Waals surface area contributed by atoms with Crippen molar-refractivity contribution in [3.05, 3.63) is 47.7 Å². The summed E-state index contributed by atoms with van der Waals surface area (Å²) in [6.45, 7) is 4.31. The van der Waals surface area contributed by atoms with Gasteiger partial charge in [-0.1, -0.05) is 30.0 Å². The number of rotatable bonds is 2. The fourth-order valence-corrected chi connectivity index (χ4v) is 1.06. The molecule has 0 aliphatic heterocycles. The first-order valence-electron chi connectivity index (χ1n) is 5.19. The molecule has 0 fully saturated rings. The number of hydrogen-bond acceptors (Lipinski definition) is 1. The molecule has 0 aromatic heterocycles. The summed E-state index contributed by atoms with van der Waals surface area (Å²) >= 11 is 0. The normalized spacial score (nSPS) is 9.50. The largest absolute Gasteiger partial charge is 0.485 e. The minimum atomic E-state index is 0.598. The third-order valence-electron chi connectivity index (χ3n) is 1.75. The Morgan fingerprint density at radius 1 is 1.31 bits per heavy atom. The lowest BCUT2D eigenvalue weighted by Gasteiger charge is -1.98. The summed E-state index contributed by atoms with van der Waals surface area (Å²) in [6, 6.07) is 9.80. The van der Waals surface area contributed by atoms with Gasteiger partial charge in [-0.25, -0.2) is 0 Å². The van der Waals surface area contributed by atoms with E-state index in [-0.39, 0.29) is 0 Å². The van der Waals surface area contributed by atoms with Gasteiger partial charge >= 0.3 is 0 Å². The monoisotopic (exact) mass is 210 g/mol. The summed E-state index contributed by atoms with van der Waals surface area (Å²) in [7, 11) is 0. The topological polar surface area (TPSA) is 9.23 Å². The first-order chi connectivity index (χ1) is 7.86. The highest BCUT2D eigenvalue weighted by Crippen LogP contribution is 1.98. The molecule has 1 aromatic rings. The Bertz CT molecular complexity index is 461. The second-order valence-corrected chi connectivity index (χ2v) is 2.95. The molecule has 0 radical (unpaired) electrons. The molecular formula is C15H14O. The van der Waals surface area contributed by atoms with Crippen LogP contribution in [-0.4, -0.2) is 6.61 Å². The number of benzene rings is 1. The van der Waals surface area contributed by atoms with E-state index in [1.54, 1.807) is 13.0 Å². The molecule has 0 bridgehead atoms. The van der Waals surface area contributed by atoms with Gasteiger partial charge in [0, 0.05) is 11.6 Å². The Morgan fingerprint density at radius 2 is 2.06 bits per heavy atom. The fourth-order valence-electron chi connectivity index (χ4n) is 1.06. The van der Waals surface area contributed by atoms with Gasteiger partial charge in [0.25, 0.3) is 0 Å². The molecule has 0 atom stereocenters. The van der Waals surface area contributed by atoms with Crippen LogP contribution in [0.1, 0.15) is 19.4 Å². The maximum Gasteiger partial charge on any atom is 0.178 e. The zero-order valence-corrected chi connectivity index (χ0v) is 9.58. The van der Waals surface area contributed by atoms with Crippen LogP contribution in [-0.2, 0) is 4.74 Å². The van der Waals surface area contributed by atoms with E-state index in [0.717, 1.165) is 5.56 Å². The van der Waals surface area contributed by atoms with Crippen LogP contribution in [0.5, 0.6) is 0 Å². The molecule has 0 N–H and O–H groups in total. The molecule has 1 nitrogen and oxygen atoms in total. The average molecular weight is 210 g/mol. The summed E-state index contributed by atoms with van der Waals surface area (Å²) in [5.41, 5.74) is 0.970.